The Morgan fingerprint density at radius 3 is 2.92 bits per heavy atom. The van der Waals surface area contributed by atoms with Crippen LogP contribution in [0.4, 0.5) is 0 Å². The van der Waals surface area contributed by atoms with Gasteiger partial charge >= 0.3 is 0 Å². The van der Waals surface area contributed by atoms with Crippen LogP contribution in [0.5, 0.6) is 5.88 Å². The molecule has 1 fully saturated rings. The average Bonchev–Trinajstić information content (AvgIpc) is 2.68. The Morgan fingerprint density at radius 2 is 2.12 bits per heavy atom. The SMILES string of the molecule is COc1ncccc1C(=O)N[C@@H]1CCOC[C@H]1OCc1ccccc1. The zero-order valence-electron chi connectivity index (χ0n) is 14.2. The number of amides is 1. The first kappa shape index (κ1) is 17.4. The molecular formula is C19H22N2O4. The number of rotatable bonds is 6. The van der Waals surface area contributed by atoms with Gasteiger partial charge in [-0.2, -0.15) is 0 Å². The first-order valence-electron chi connectivity index (χ1n) is 8.31. The molecule has 3 rings (SSSR count). The number of hydrogen-bond acceptors (Lipinski definition) is 5. The fourth-order valence-electron chi connectivity index (χ4n) is 2.79. The van der Waals surface area contributed by atoms with Crippen molar-refractivity contribution in [2.45, 2.75) is 25.2 Å². The van der Waals surface area contributed by atoms with Crippen LogP contribution in [0.3, 0.4) is 0 Å². The Morgan fingerprint density at radius 1 is 1.28 bits per heavy atom. The van der Waals surface area contributed by atoms with Gasteiger partial charge in [-0.15, -0.1) is 0 Å². The lowest BCUT2D eigenvalue weighted by Gasteiger charge is -2.32. The molecule has 132 valence electrons. The number of nitrogens with zero attached hydrogens (tertiary/aromatic N) is 1. The molecule has 6 heteroatoms. The lowest BCUT2D eigenvalue weighted by atomic mass is 10.1. The van der Waals surface area contributed by atoms with E-state index < -0.39 is 0 Å². The molecule has 0 aliphatic carbocycles. The molecule has 1 aliphatic heterocycles. The Kier molecular flexibility index (Phi) is 5.98. The molecule has 1 aromatic heterocycles. The van der Waals surface area contributed by atoms with Crippen molar-refractivity contribution in [3.05, 3.63) is 59.8 Å². The standard InChI is InChI=1S/C19H22N2O4/c1-23-19-15(8-5-10-20-19)18(22)21-16-9-11-24-13-17(16)25-12-14-6-3-2-4-7-14/h2-8,10,16-17H,9,11-13H2,1H3,(H,21,22)/t16-,17-/m1/s1. The van der Waals surface area contributed by atoms with Crippen molar-refractivity contribution < 1.29 is 19.0 Å². The second kappa shape index (κ2) is 8.60. The van der Waals surface area contributed by atoms with Gasteiger partial charge in [-0.05, 0) is 24.1 Å². The van der Waals surface area contributed by atoms with E-state index in [1.807, 2.05) is 30.3 Å². The quantitative estimate of drug-likeness (QED) is 0.871. The number of carbonyl (C=O) groups excluding carboxylic acids is 1. The van der Waals surface area contributed by atoms with Crippen LogP contribution in [0.25, 0.3) is 0 Å². The van der Waals surface area contributed by atoms with Crippen molar-refractivity contribution in [3.63, 3.8) is 0 Å². The normalized spacial score (nSPS) is 20.0. The van der Waals surface area contributed by atoms with Gasteiger partial charge in [-0.3, -0.25) is 4.79 Å². The largest absolute Gasteiger partial charge is 0.480 e. The number of nitrogens with one attached hydrogen (secondary N) is 1. The highest BCUT2D eigenvalue weighted by atomic mass is 16.5. The van der Waals surface area contributed by atoms with Crippen molar-refractivity contribution in [3.8, 4) is 5.88 Å². The molecule has 0 unspecified atom stereocenters. The topological polar surface area (TPSA) is 69.7 Å². The summed E-state index contributed by atoms with van der Waals surface area (Å²) in [6.07, 6.45) is 2.10. The van der Waals surface area contributed by atoms with E-state index >= 15 is 0 Å². The predicted octanol–water partition coefficient (Wildman–Crippen LogP) is 2.19. The molecule has 6 nitrogen and oxygen atoms in total. The van der Waals surface area contributed by atoms with Crippen molar-refractivity contribution in [1.29, 1.82) is 0 Å². The summed E-state index contributed by atoms with van der Waals surface area (Å²) in [5.74, 6) is 0.0963. The van der Waals surface area contributed by atoms with E-state index in [2.05, 4.69) is 10.3 Å². The summed E-state index contributed by atoms with van der Waals surface area (Å²) in [4.78, 5) is 16.7. The van der Waals surface area contributed by atoms with E-state index in [0.29, 0.717) is 37.7 Å². The van der Waals surface area contributed by atoms with E-state index in [0.717, 1.165) is 5.56 Å². The Balaban J connectivity index is 1.63. The summed E-state index contributed by atoms with van der Waals surface area (Å²) < 4.78 is 16.7. The first-order chi connectivity index (χ1) is 12.3. The Bertz CT molecular complexity index is 693. The van der Waals surface area contributed by atoms with Gasteiger partial charge in [0.05, 0.1) is 26.4 Å². The van der Waals surface area contributed by atoms with Gasteiger partial charge < -0.3 is 19.5 Å². The molecule has 1 saturated heterocycles. The van der Waals surface area contributed by atoms with E-state index in [1.165, 1.54) is 7.11 Å². The van der Waals surface area contributed by atoms with Crippen molar-refractivity contribution in [2.24, 2.45) is 0 Å². The summed E-state index contributed by atoms with van der Waals surface area (Å²) in [7, 11) is 1.50. The van der Waals surface area contributed by atoms with Crippen LogP contribution in [0, 0.1) is 0 Å². The van der Waals surface area contributed by atoms with Gasteiger partial charge in [0, 0.05) is 12.8 Å². The molecule has 2 atom stereocenters. The third-order valence-electron chi connectivity index (χ3n) is 4.14. The highest BCUT2D eigenvalue weighted by Gasteiger charge is 2.29. The number of ether oxygens (including phenoxy) is 3. The first-order valence-corrected chi connectivity index (χ1v) is 8.31. The minimum Gasteiger partial charge on any atom is -0.480 e. The summed E-state index contributed by atoms with van der Waals surface area (Å²) in [5.41, 5.74) is 1.50. The lowest BCUT2D eigenvalue weighted by Crippen LogP contribution is -2.50. The van der Waals surface area contributed by atoms with E-state index in [9.17, 15) is 4.79 Å². The van der Waals surface area contributed by atoms with Crippen LogP contribution in [0.15, 0.2) is 48.7 Å². The van der Waals surface area contributed by atoms with Gasteiger partial charge in [-0.1, -0.05) is 30.3 Å². The van der Waals surface area contributed by atoms with Crippen molar-refractivity contribution >= 4 is 5.91 Å². The molecule has 0 bridgehead atoms. The third kappa shape index (κ3) is 4.55. The number of hydrogen-bond donors (Lipinski definition) is 1. The minimum absolute atomic E-state index is 0.116. The average molecular weight is 342 g/mol. The number of aromatic nitrogens is 1. The molecule has 1 aliphatic rings. The molecule has 0 saturated carbocycles. The van der Waals surface area contributed by atoms with Gasteiger partial charge in [0.1, 0.15) is 11.7 Å². The van der Waals surface area contributed by atoms with Crippen LogP contribution in [-0.4, -0.2) is 43.4 Å². The number of methoxy groups -OCH3 is 1. The second-order valence-corrected chi connectivity index (χ2v) is 5.84. The van der Waals surface area contributed by atoms with Crippen molar-refractivity contribution in [2.75, 3.05) is 20.3 Å². The van der Waals surface area contributed by atoms with Crippen LogP contribution in [-0.2, 0) is 16.1 Å². The summed E-state index contributed by atoms with van der Waals surface area (Å²) in [5, 5.41) is 3.03. The van der Waals surface area contributed by atoms with Gasteiger partial charge in [0.2, 0.25) is 5.88 Å². The Hall–Kier alpha value is -2.44. The van der Waals surface area contributed by atoms with Gasteiger partial charge in [0.15, 0.2) is 0 Å². The molecule has 0 radical (unpaired) electrons. The maximum absolute atomic E-state index is 12.6. The van der Waals surface area contributed by atoms with Crippen LogP contribution >= 0.6 is 0 Å². The fraction of sp³-hybridized carbons (Fsp3) is 0.368. The van der Waals surface area contributed by atoms with Crippen LogP contribution in [0.1, 0.15) is 22.3 Å². The number of benzene rings is 1. The maximum Gasteiger partial charge on any atom is 0.257 e. The van der Waals surface area contributed by atoms with E-state index in [1.54, 1.807) is 18.3 Å². The summed E-state index contributed by atoms with van der Waals surface area (Å²) in [6, 6.07) is 13.2. The highest BCUT2D eigenvalue weighted by Crippen LogP contribution is 2.17. The van der Waals surface area contributed by atoms with Crippen LogP contribution < -0.4 is 10.1 Å². The van der Waals surface area contributed by atoms with E-state index in [-0.39, 0.29) is 18.1 Å². The molecular weight excluding hydrogens is 320 g/mol. The monoisotopic (exact) mass is 342 g/mol. The smallest absolute Gasteiger partial charge is 0.257 e. The number of pyridine rings is 1. The molecule has 1 amide bonds. The molecule has 1 aromatic carbocycles. The maximum atomic E-state index is 12.6. The third-order valence-corrected chi connectivity index (χ3v) is 4.14. The fourth-order valence-corrected chi connectivity index (χ4v) is 2.79. The van der Waals surface area contributed by atoms with Gasteiger partial charge in [-0.25, -0.2) is 4.98 Å². The van der Waals surface area contributed by atoms with Crippen LogP contribution in [0.2, 0.25) is 0 Å². The molecule has 2 aromatic rings. The zero-order chi connectivity index (χ0) is 17.5. The summed E-state index contributed by atoms with van der Waals surface area (Å²) in [6.45, 7) is 1.54. The zero-order valence-corrected chi connectivity index (χ0v) is 14.2. The highest BCUT2D eigenvalue weighted by molar-refractivity contribution is 5.96. The minimum atomic E-state index is -0.217. The molecule has 1 N–H and O–H groups in total. The number of carbonyl (C=O) groups is 1. The van der Waals surface area contributed by atoms with Gasteiger partial charge in [0.25, 0.3) is 5.91 Å². The van der Waals surface area contributed by atoms with Crippen molar-refractivity contribution in [1.82, 2.24) is 10.3 Å². The van der Waals surface area contributed by atoms with E-state index in [4.69, 9.17) is 14.2 Å². The molecule has 25 heavy (non-hydrogen) atoms. The summed E-state index contributed by atoms with van der Waals surface area (Å²) >= 11 is 0. The molecule has 2 heterocycles. The predicted molar refractivity (Wildman–Crippen MR) is 92.5 cm³/mol. The lowest BCUT2D eigenvalue weighted by molar-refractivity contribution is -0.0736. The molecule has 0 spiro atoms. The Labute approximate surface area is 147 Å². The second-order valence-electron chi connectivity index (χ2n) is 5.84.